The van der Waals surface area contributed by atoms with Crippen LogP contribution < -0.4 is 5.32 Å². The van der Waals surface area contributed by atoms with Crippen LogP contribution in [0, 0.1) is 5.92 Å². The Morgan fingerprint density at radius 3 is 2.47 bits per heavy atom. The summed E-state index contributed by atoms with van der Waals surface area (Å²) in [5, 5.41) is 3.28. The number of hydrogen-bond donors (Lipinski definition) is 1. The number of hydrogen-bond acceptors (Lipinski definition) is 3. The van der Waals surface area contributed by atoms with E-state index in [1.165, 1.54) is 0 Å². The quantitative estimate of drug-likeness (QED) is 0.800. The van der Waals surface area contributed by atoms with Crippen molar-refractivity contribution in [2.75, 3.05) is 32.8 Å². The van der Waals surface area contributed by atoms with Gasteiger partial charge in [-0.1, -0.05) is 0 Å². The molecule has 0 unspecified atom stereocenters. The van der Waals surface area contributed by atoms with Gasteiger partial charge in [-0.3, -0.25) is 4.79 Å². The van der Waals surface area contributed by atoms with Crippen LogP contribution in [0.1, 0.15) is 32.6 Å². The first kappa shape index (κ1) is 12.8. The third kappa shape index (κ3) is 3.42. The summed E-state index contributed by atoms with van der Waals surface area (Å²) in [4.78, 5) is 14.3. The van der Waals surface area contributed by atoms with E-state index < -0.39 is 0 Å². The topological polar surface area (TPSA) is 41.6 Å². The Kier molecular flexibility index (Phi) is 4.80. The largest absolute Gasteiger partial charge is 0.379 e. The number of nitrogens with one attached hydrogen (secondary N) is 1. The van der Waals surface area contributed by atoms with E-state index in [1.807, 2.05) is 11.8 Å². The molecule has 1 saturated heterocycles. The van der Waals surface area contributed by atoms with E-state index in [-0.39, 0.29) is 5.92 Å². The summed E-state index contributed by atoms with van der Waals surface area (Å²) in [7, 11) is 0. The number of rotatable bonds is 3. The van der Waals surface area contributed by atoms with Crippen molar-refractivity contribution in [2.24, 2.45) is 5.92 Å². The summed E-state index contributed by atoms with van der Waals surface area (Å²) in [5.41, 5.74) is 0. The van der Waals surface area contributed by atoms with Crippen molar-refractivity contribution in [3.63, 3.8) is 0 Å². The summed E-state index contributed by atoms with van der Waals surface area (Å²) < 4.78 is 5.62. The lowest BCUT2D eigenvalue weighted by molar-refractivity contribution is -0.138. The molecule has 0 aromatic carbocycles. The van der Waals surface area contributed by atoms with Crippen LogP contribution in [0.3, 0.4) is 0 Å². The summed E-state index contributed by atoms with van der Waals surface area (Å²) in [6.07, 6.45) is 4.51. The maximum atomic E-state index is 12.3. The van der Waals surface area contributed by atoms with Gasteiger partial charge in [0.15, 0.2) is 0 Å². The van der Waals surface area contributed by atoms with Crippen LogP contribution in [0.4, 0.5) is 0 Å². The fraction of sp³-hybridized carbons (Fsp3) is 0.923. The van der Waals surface area contributed by atoms with Crippen LogP contribution in [0.25, 0.3) is 0 Å². The molecule has 2 fully saturated rings. The zero-order chi connectivity index (χ0) is 12.1. The van der Waals surface area contributed by atoms with Gasteiger partial charge in [-0.25, -0.2) is 0 Å². The molecule has 1 heterocycles. The lowest BCUT2D eigenvalue weighted by atomic mass is 9.86. The second-order valence-electron chi connectivity index (χ2n) is 5.00. The highest BCUT2D eigenvalue weighted by atomic mass is 16.5. The van der Waals surface area contributed by atoms with Crippen molar-refractivity contribution in [1.82, 2.24) is 10.2 Å². The minimum absolute atomic E-state index is 0.254. The highest BCUT2D eigenvalue weighted by Gasteiger charge is 2.29. The molecular formula is C13H24N2O2. The fourth-order valence-corrected chi connectivity index (χ4v) is 2.86. The van der Waals surface area contributed by atoms with Gasteiger partial charge in [-0.15, -0.1) is 0 Å². The van der Waals surface area contributed by atoms with Crippen LogP contribution in [-0.4, -0.2) is 49.7 Å². The number of carbonyl (C=O) groups is 1. The molecule has 0 spiro atoms. The van der Waals surface area contributed by atoms with Gasteiger partial charge in [0.25, 0.3) is 0 Å². The van der Waals surface area contributed by atoms with E-state index >= 15 is 0 Å². The Balaban J connectivity index is 1.77. The van der Waals surface area contributed by atoms with Gasteiger partial charge in [0.2, 0.25) is 5.91 Å². The summed E-state index contributed by atoms with van der Waals surface area (Å²) in [5.74, 6) is 0.631. The number of amides is 1. The lowest BCUT2D eigenvalue weighted by Gasteiger charge is -2.34. The van der Waals surface area contributed by atoms with Gasteiger partial charge in [-0.05, 0) is 32.6 Å². The number of ether oxygens (including phenoxy) is 1. The molecule has 0 atom stereocenters. The maximum absolute atomic E-state index is 12.3. The molecule has 1 saturated carbocycles. The number of carbonyl (C=O) groups excluding carboxylic acids is 1. The average Bonchev–Trinajstić information content (AvgIpc) is 2.40. The Hall–Kier alpha value is -0.610. The van der Waals surface area contributed by atoms with E-state index in [4.69, 9.17) is 4.74 Å². The Morgan fingerprint density at radius 2 is 1.88 bits per heavy atom. The second kappa shape index (κ2) is 6.36. The zero-order valence-electron chi connectivity index (χ0n) is 10.8. The zero-order valence-corrected chi connectivity index (χ0v) is 10.8. The fourth-order valence-electron chi connectivity index (χ4n) is 2.86. The first-order valence-electron chi connectivity index (χ1n) is 6.92. The molecule has 17 heavy (non-hydrogen) atoms. The van der Waals surface area contributed by atoms with Crippen LogP contribution in [0.5, 0.6) is 0 Å². The van der Waals surface area contributed by atoms with Gasteiger partial charge < -0.3 is 15.0 Å². The van der Waals surface area contributed by atoms with E-state index in [1.54, 1.807) is 0 Å². The van der Waals surface area contributed by atoms with Gasteiger partial charge in [0.1, 0.15) is 0 Å². The molecule has 98 valence electrons. The van der Waals surface area contributed by atoms with Gasteiger partial charge >= 0.3 is 0 Å². The first-order valence-corrected chi connectivity index (χ1v) is 6.92. The summed E-state index contributed by atoms with van der Waals surface area (Å²) in [6.45, 7) is 6.48. The molecule has 0 aromatic rings. The van der Waals surface area contributed by atoms with Crippen LogP contribution in [-0.2, 0) is 9.53 Å². The standard InChI is InChI=1S/C13H24N2O2/c1-2-17-12-5-3-11(4-6-12)13(16)15-9-7-14-8-10-15/h11-12,14H,2-10H2,1H3. The Morgan fingerprint density at radius 1 is 1.24 bits per heavy atom. The second-order valence-corrected chi connectivity index (χ2v) is 5.00. The summed E-state index contributed by atoms with van der Waals surface area (Å²) >= 11 is 0. The minimum atomic E-state index is 0.254. The van der Waals surface area contributed by atoms with Gasteiger partial charge in [0, 0.05) is 38.7 Å². The molecule has 2 aliphatic rings. The maximum Gasteiger partial charge on any atom is 0.225 e. The number of piperazine rings is 1. The van der Waals surface area contributed by atoms with Gasteiger partial charge in [-0.2, -0.15) is 0 Å². The predicted molar refractivity (Wildman–Crippen MR) is 66.8 cm³/mol. The SMILES string of the molecule is CCOC1CCC(C(=O)N2CCNCC2)CC1. The van der Waals surface area contributed by atoms with Crippen molar-refractivity contribution in [3.05, 3.63) is 0 Å². The molecule has 0 radical (unpaired) electrons. The average molecular weight is 240 g/mol. The highest BCUT2D eigenvalue weighted by molar-refractivity contribution is 5.79. The van der Waals surface area contributed by atoms with Crippen LogP contribution >= 0.6 is 0 Å². The van der Waals surface area contributed by atoms with Crippen LogP contribution in [0.2, 0.25) is 0 Å². The molecule has 1 aliphatic carbocycles. The summed E-state index contributed by atoms with van der Waals surface area (Å²) in [6, 6.07) is 0. The van der Waals surface area contributed by atoms with E-state index in [2.05, 4.69) is 5.32 Å². The highest BCUT2D eigenvalue weighted by Crippen LogP contribution is 2.27. The first-order chi connectivity index (χ1) is 8.31. The molecular weight excluding hydrogens is 216 g/mol. The molecule has 2 rings (SSSR count). The van der Waals surface area contributed by atoms with Crippen molar-refractivity contribution >= 4 is 5.91 Å². The van der Waals surface area contributed by atoms with Crippen LogP contribution in [0.15, 0.2) is 0 Å². The normalized spacial score (nSPS) is 30.3. The smallest absolute Gasteiger partial charge is 0.225 e. The molecule has 4 heteroatoms. The predicted octanol–water partition coefficient (Wildman–Crippen LogP) is 1.01. The lowest BCUT2D eigenvalue weighted by Crippen LogP contribution is -2.49. The molecule has 0 aromatic heterocycles. The van der Waals surface area contributed by atoms with E-state index in [0.717, 1.165) is 58.5 Å². The minimum Gasteiger partial charge on any atom is -0.379 e. The van der Waals surface area contributed by atoms with Gasteiger partial charge in [0.05, 0.1) is 6.10 Å². The Labute approximate surface area is 104 Å². The third-order valence-corrected chi connectivity index (χ3v) is 3.85. The third-order valence-electron chi connectivity index (χ3n) is 3.85. The monoisotopic (exact) mass is 240 g/mol. The molecule has 0 bridgehead atoms. The molecule has 1 aliphatic heterocycles. The number of nitrogens with zero attached hydrogens (tertiary/aromatic N) is 1. The van der Waals surface area contributed by atoms with Crippen molar-refractivity contribution < 1.29 is 9.53 Å². The van der Waals surface area contributed by atoms with E-state index in [0.29, 0.717) is 12.0 Å². The van der Waals surface area contributed by atoms with Crippen molar-refractivity contribution in [3.8, 4) is 0 Å². The van der Waals surface area contributed by atoms with Crippen molar-refractivity contribution in [1.29, 1.82) is 0 Å². The van der Waals surface area contributed by atoms with E-state index in [9.17, 15) is 4.79 Å². The van der Waals surface area contributed by atoms with Crippen molar-refractivity contribution in [2.45, 2.75) is 38.7 Å². The molecule has 4 nitrogen and oxygen atoms in total. The molecule has 1 amide bonds. The Bertz CT molecular complexity index is 244. The molecule has 1 N–H and O–H groups in total.